The number of nitrogens with zero attached hydrogens (tertiary/aromatic N) is 2. The van der Waals surface area contributed by atoms with Gasteiger partial charge < -0.3 is 0 Å². The van der Waals surface area contributed by atoms with Crippen molar-refractivity contribution in [3.05, 3.63) is 24.3 Å². The van der Waals surface area contributed by atoms with Crippen LogP contribution < -0.4 is 0 Å². The van der Waals surface area contributed by atoms with E-state index < -0.39 is 0 Å². The van der Waals surface area contributed by atoms with Crippen LogP contribution in [-0.4, -0.2) is 15.8 Å². The van der Waals surface area contributed by atoms with Gasteiger partial charge in [0.15, 0.2) is 11.6 Å². The molecule has 1 heterocycles. The zero-order valence-corrected chi connectivity index (χ0v) is 8.95. The molecule has 0 aliphatic heterocycles. The fourth-order valence-corrected chi connectivity index (χ4v) is 1.04. The molecule has 0 aliphatic carbocycles. The molecule has 1 rings (SSSR count). The van der Waals surface area contributed by atoms with Crippen molar-refractivity contribution in [3.8, 4) is 0 Å². The molecule has 14 heavy (non-hydrogen) atoms. The van der Waals surface area contributed by atoms with E-state index in [0.717, 1.165) is 6.42 Å². The largest absolute Gasteiger partial charge is 0.291 e. The topological polar surface area (TPSA) is 42.9 Å². The smallest absolute Gasteiger partial charge is 0.200 e. The molecule has 76 valence electrons. The number of carbonyl (C=O) groups excluding carboxylic acids is 1. The minimum absolute atomic E-state index is 0.0283. The SMILES string of the molecule is CC(C)(C)CCC(=O)c1ncccn1. The summed E-state index contributed by atoms with van der Waals surface area (Å²) in [6, 6.07) is 1.71. The standard InChI is InChI=1S/C11H16N2O/c1-11(2,3)6-5-9(14)10-12-7-4-8-13-10/h4,7-8H,5-6H2,1-3H3. The number of ketones is 1. The first-order valence-corrected chi connectivity index (χ1v) is 4.79. The van der Waals surface area contributed by atoms with Crippen molar-refractivity contribution in [1.82, 2.24) is 9.97 Å². The van der Waals surface area contributed by atoms with Crippen LogP contribution in [-0.2, 0) is 0 Å². The van der Waals surface area contributed by atoms with Gasteiger partial charge in [0.2, 0.25) is 0 Å². The van der Waals surface area contributed by atoms with Crippen molar-refractivity contribution >= 4 is 5.78 Å². The normalized spacial score (nSPS) is 11.4. The van der Waals surface area contributed by atoms with Gasteiger partial charge in [0.05, 0.1) is 0 Å². The Morgan fingerprint density at radius 3 is 2.36 bits per heavy atom. The van der Waals surface area contributed by atoms with Crippen LogP contribution in [0.15, 0.2) is 18.5 Å². The van der Waals surface area contributed by atoms with Crippen molar-refractivity contribution in [1.29, 1.82) is 0 Å². The lowest BCUT2D eigenvalue weighted by atomic mass is 9.89. The zero-order valence-electron chi connectivity index (χ0n) is 8.95. The number of hydrogen-bond donors (Lipinski definition) is 0. The number of Topliss-reactive ketones (excluding diaryl/α,β-unsaturated/α-hetero) is 1. The van der Waals surface area contributed by atoms with E-state index in [0.29, 0.717) is 12.2 Å². The third-order valence-electron chi connectivity index (χ3n) is 1.92. The molecule has 0 saturated carbocycles. The fourth-order valence-electron chi connectivity index (χ4n) is 1.04. The van der Waals surface area contributed by atoms with Crippen molar-refractivity contribution < 1.29 is 4.79 Å². The minimum atomic E-state index is 0.0283. The molecule has 0 spiro atoms. The van der Waals surface area contributed by atoms with Gasteiger partial charge in [-0.15, -0.1) is 0 Å². The van der Waals surface area contributed by atoms with Crippen LogP contribution in [0.25, 0.3) is 0 Å². The molecule has 0 atom stereocenters. The fraction of sp³-hybridized carbons (Fsp3) is 0.545. The lowest BCUT2D eigenvalue weighted by Gasteiger charge is -2.16. The van der Waals surface area contributed by atoms with Gasteiger partial charge in [-0.05, 0) is 17.9 Å². The van der Waals surface area contributed by atoms with Crippen molar-refractivity contribution in [2.45, 2.75) is 33.6 Å². The Hall–Kier alpha value is -1.25. The summed E-state index contributed by atoms with van der Waals surface area (Å²) >= 11 is 0. The van der Waals surface area contributed by atoms with Crippen molar-refractivity contribution in [2.75, 3.05) is 0 Å². The van der Waals surface area contributed by atoms with Crippen LogP contribution in [0.4, 0.5) is 0 Å². The van der Waals surface area contributed by atoms with Gasteiger partial charge in [-0.2, -0.15) is 0 Å². The lowest BCUT2D eigenvalue weighted by Crippen LogP contribution is -2.11. The lowest BCUT2D eigenvalue weighted by molar-refractivity contribution is 0.0955. The Kier molecular flexibility index (Phi) is 3.33. The molecule has 1 aromatic rings. The number of rotatable bonds is 3. The highest BCUT2D eigenvalue weighted by molar-refractivity contribution is 5.92. The molecule has 3 heteroatoms. The minimum Gasteiger partial charge on any atom is -0.291 e. The highest BCUT2D eigenvalue weighted by Gasteiger charge is 2.15. The van der Waals surface area contributed by atoms with Crippen LogP contribution in [0, 0.1) is 5.41 Å². The van der Waals surface area contributed by atoms with E-state index in [1.807, 2.05) is 0 Å². The molecule has 0 N–H and O–H groups in total. The first kappa shape index (κ1) is 10.8. The van der Waals surface area contributed by atoms with Gasteiger partial charge in [0.1, 0.15) is 0 Å². The van der Waals surface area contributed by atoms with E-state index >= 15 is 0 Å². The van der Waals surface area contributed by atoms with E-state index in [1.54, 1.807) is 18.5 Å². The maximum atomic E-state index is 11.6. The van der Waals surface area contributed by atoms with Gasteiger partial charge in [-0.1, -0.05) is 20.8 Å². The summed E-state index contributed by atoms with van der Waals surface area (Å²) in [5.74, 6) is 0.359. The van der Waals surface area contributed by atoms with E-state index in [9.17, 15) is 4.79 Å². The number of carbonyl (C=O) groups is 1. The summed E-state index contributed by atoms with van der Waals surface area (Å²) in [6.07, 6.45) is 4.58. The third kappa shape index (κ3) is 3.64. The molecule has 0 amide bonds. The zero-order chi connectivity index (χ0) is 10.6. The Bertz CT molecular complexity index is 301. The summed E-state index contributed by atoms with van der Waals surface area (Å²) in [5, 5.41) is 0. The summed E-state index contributed by atoms with van der Waals surface area (Å²) in [4.78, 5) is 19.4. The molecule has 0 radical (unpaired) electrons. The molecule has 3 nitrogen and oxygen atoms in total. The predicted octanol–water partition coefficient (Wildman–Crippen LogP) is 2.49. The van der Waals surface area contributed by atoms with Gasteiger partial charge in [-0.25, -0.2) is 9.97 Å². The summed E-state index contributed by atoms with van der Waals surface area (Å²) in [5.41, 5.74) is 0.185. The summed E-state index contributed by atoms with van der Waals surface area (Å²) < 4.78 is 0. The summed E-state index contributed by atoms with van der Waals surface area (Å²) in [7, 11) is 0. The Morgan fingerprint density at radius 1 is 1.29 bits per heavy atom. The number of aromatic nitrogens is 2. The van der Waals surface area contributed by atoms with E-state index in [4.69, 9.17) is 0 Å². The van der Waals surface area contributed by atoms with Gasteiger partial charge in [0, 0.05) is 18.8 Å². The molecule has 0 aliphatic rings. The third-order valence-corrected chi connectivity index (χ3v) is 1.92. The molecule has 0 unspecified atom stereocenters. The Morgan fingerprint density at radius 2 is 1.86 bits per heavy atom. The summed E-state index contributed by atoms with van der Waals surface area (Å²) in [6.45, 7) is 6.35. The van der Waals surface area contributed by atoms with Crippen LogP contribution in [0.2, 0.25) is 0 Å². The quantitative estimate of drug-likeness (QED) is 0.691. The average molecular weight is 192 g/mol. The molecule has 0 saturated heterocycles. The van der Waals surface area contributed by atoms with E-state index in [1.165, 1.54) is 0 Å². The molecular weight excluding hydrogens is 176 g/mol. The molecular formula is C11H16N2O. The Balaban J connectivity index is 2.52. The Labute approximate surface area is 84.6 Å². The molecule has 1 aromatic heterocycles. The van der Waals surface area contributed by atoms with Crippen molar-refractivity contribution in [2.24, 2.45) is 5.41 Å². The highest BCUT2D eigenvalue weighted by atomic mass is 16.1. The van der Waals surface area contributed by atoms with Gasteiger partial charge in [0.25, 0.3) is 0 Å². The van der Waals surface area contributed by atoms with Gasteiger partial charge >= 0.3 is 0 Å². The van der Waals surface area contributed by atoms with Crippen LogP contribution in [0.1, 0.15) is 44.2 Å². The molecule has 0 bridgehead atoms. The highest BCUT2D eigenvalue weighted by Crippen LogP contribution is 2.21. The molecule has 0 fully saturated rings. The first-order chi connectivity index (χ1) is 6.49. The monoisotopic (exact) mass is 192 g/mol. The first-order valence-electron chi connectivity index (χ1n) is 4.79. The second kappa shape index (κ2) is 4.31. The van der Waals surface area contributed by atoms with Crippen LogP contribution in [0.3, 0.4) is 0 Å². The average Bonchev–Trinajstić information content (AvgIpc) is 2.14. The second-order valence-corrected chi connectivity index (χ2v) is 4.56. The maximum Gasteiger partial charge on any atom is 0.200 e. The number of hydrogen-bond acceptors (Lipinski definition) is 3. The van der Waals surface area contributed by atoms with Crippen LogP contribution in [0.5, 0.6) is 0 Å². The van der Waals surface area contributed by atoms with Gasteiger partial charge in [-0.3, -0.25) is 4.79 Å². The van der Waals surface area contributed by atoms with Crippen molar-refractivity contribution in [3.63, 3.8) is 0 Å². The van der Waals surface area contributed by atoms with E-state index in [-0.39, 0.29) is 11.2 Å². The second-order valence-electron chi connectivity index (χ2n) is 4.56. The maximum absolute atomic E-state index is 11.6. The van der Waals surface area contributed by atoms with E-state index in [2.05, 4.69) is 30.7 Å². The predicted molar refractivity (Wildman–Crippen MR) is 55.1 cm³/mol. The van der Waals surface area contributed by atoms with Crippen LogP contribution >= 0.6 is 0 Å². The molecule has 0 aromatic carbocycles.